The van der Waals surface area contributed by atoms with Crippen LogP contribution < -0.4 is 4.72 Å². The molecule has 2 aromatic carbocycles. The summed E-state index contributed by atoms with van der Waals surface area (Å²) in [5, 5.41) is 1.57. The highest BCUT2D eigenvalue weighted by Crippen LogP contribution is 2.29. The molecule has 146 valence electrons. The number of aryl methyl sites for hydroxylation is 1. The highest BCUT2D eigenvalue weighted by molar-refractivity contribution is 9.10. The van der Waals surface area contributed by atoms with Crippen molar-refractivity contribution in [3.8, 4) is 0 Å². The number of rotatable bonds is 6. The minimum Gasteiger partial charge on any atom is -0.293 e. The summed E-state index contributed by atoms with van der Waals surface area (Å²) in [7, 11) is -3.88. The van der Waals surface area contributed by atoms with Gasteiger partial charge in [-0.1, -0.05) is 17.7 Å². The van der Waals surface area contributed by atoms with Crippen LogP contribution in [0, 0.1) is 18.6 Å². The second-order valence-corrected chi connectivity index (χ2v) is 9.43. The van der Waals surface area contributed by atoms with Gasteiger partial charge in [0.25, 0.3) is 10.0 Å². The lowest BCUT2D eigenvalue weighted by Crippen LogP contribution is -2.15. The number of carbonyl (C=O) groups is 1. The van der Waals surface area contributed by atoms with Gasteiger partial charge in [-0.25, -0.2) is 17.2 Å². The number of carbonyl (C=O) groups excluding carboxylic acids is 1. The maximum atomic E-state index is 13.7. The van der Waals surface area contributed by atoms with Crippen molar-refractivity contribution >= 4 is 48.8 Å². The van der Waals surface area contributed by atoms with Crippen molar-refractivity contribution in [3.05, 3.63) is 80.0 Å². The third kappa shape index (κ3) is 4.48. The molecule has 9 heteroatoms. The molecule has 3 aromatic rings. The minimum absolute atomic E-state index is 0.000548. The Bertz CT molecular complexity index is 1140. The number of nitrogens with one attached hydrogen (secondary N) is 1. The van der Waals surface area contributed by atoms with Crippen molar-refractivity contribution < 1.29 is 22.0 Å². The predicted octanol–water partition coefficient (Wildman–Crippen LogP) is 5.32. The highest BCUT2D eigenvalue weighted by Gasteiger charge is 2.21. The molecule has 1 heterocycles. The summed E-state index contributed by atoms with van der Waals surface area (Å²) in [6, 6.07) is 9.54. The summed E-state index contributed by atoms with van der Waals surface area (Å²) in [5.41, 5.74) is 1.19. The van der Waals surface area contributed by atoms with E-state index < -0.39 is 27.4 Å². The molecule has 0 aliphatic heterocycles. The Labute approximate surface area is 173 Å². The van der Waals surface area contributed by atoms with Crippen LogP contribution >= 0.6 is 27.3 Å². The van der Waals surface area contributed by atoms with E-state index in [9.17, 15) is 22.0 Å². The molecule has 0 saturated heterocycles. The van der Waals surface area contributed by atoms with E-state index in [0.717, 1.165) is 23.0 Å². The predicted molar refractivity (Wildman–Crippen MR) is 108 cm³/mol. The molecule has 0 atom stereocenters. The van der Waals surface area contributed by atoms with Crippen LogP contribution in [0.3, 0.4) is 0 Å². The van der Waals surface area contributed by atoms with E-state index >= 15 is 0 Å². The van der Waals surface area contributed by atoms with Crippen molar-refractivity contribution in [1.82, 2.24) is 0 Å². The van der Waals surface area contributed by atoms with Crippen molar-refractivity contribution in [1.29, 1.82) is 0 Å². The summed E-state index contributed by atoms with van der Waals surface area (Å²) in [6.07, 6.45) is -0.283. The van der Waals surface area contributed by atoms with E-state index in [1.807, 2.05) is 6.92 Å². The van der Waals surface area contributed by atoms with Gasteiger partial charge in [-0.05, 0) is 58.1 Å². The maximum absolute atomic E-state index is 13.7. The fourth-order valence-corrected chi connectivity index (χ4v) is 4.81. The Balaban J connectivity index is 1.86. The molecule has 0 spiro atoms. The smallest absolute Gasteiger partial charge is 0.261 e. The Morgan fingerprint density at radius 1 is 1.14 bits per heavy atom. The lowest BCUT2D eigenvalue weighted by molar-refractivity contribution is 0.0997. The zero-order valence-electron chi connectivity index (χ0n) is 14.5. The minimum atomic E-state index is -3.88. The van der Waals surface area contributed by atoms with Crippen LogP contribution in [0.25, 0.3) is 0 Å². The Morgan fingerprint density at radius 2 is 1.82 bits per heavy atom. The molecule has 0 radical (unpaired) electrons. The van der Waals surface area contributed by atoms with Gasteiger partial charge in [-0.3, -0.25) is 9.52 Å². The fourth-order valence-electron chi connectivity index (χ4n) is 2.52. The monoisotopic (exact) mass is 485 g/mol. The second-order valence-electron chi connectivity index (χ2n) is 6.04. The summed E-state index contributed by atoms with van der Waals surface area (Å²) >= 11 is 4.06. The molecule has 0 aliphatic rings. The van der Waals surface area contributed by atoms with Gasteiger partial charge in [0.05, 0.1) is 19.9 Å². The van der Waals surface area contributed by atoms with E-state index in [0.29, 0.717) is 6.07 Å². The molecule has 4 nitrogen and oxygen atoms in total. The molecular weight excluding hydrogens is 472 g/mol. The molecule has 0 amide bonds. The number of ketones is 1. The number of hydrogen-bond donors (Lipinski definition) is 1. The molecule has 0 saturated carbocycles. The Hall–Kier alpha value is -2.10. The fraction of sp³-hybridized carbons (Fsp3) is 0.105. The van der Waals surface area contributed by atoms with Crippen LogP contribution in [0.4, 0.5) is 14.5 Å². The highest BCUT2D eigenvalue weighted by atomic mass is 79.9. The van der Waals surface area contributed by atoms with Gasteiger partial charge in [0.2, 0.25) is 0 Å². The van der Waals surface area contributed by atoms with Gasteiger partial charge >= 0.3 is 0 Å². The average molecular weight is 486 g/mol. The summed E-state index contributed by atoms with van der Waals surface area (Å²) in [6.45, 7) is 1.84. The molecule has 0 unspecified atom stereocenters. The van der Waals surface area contributed by atoms with Crippen LogP contribution in [0.5, 0.6) is 0 Å². The van der Waals surface area contributed by atoms with Gasteiger partial charge in [0, 0.05) is 12.5 Å². The van der Waals surface area contributed by atoms with Crippen LogP contribution in [0.2, 0.25) is 0 Å². The largest absolute Gasteiger partial charge is 0.293 e. The SMILES string of the molecule is Cc1ccc(S(=O)(=O)Nc2ccsc2C(=O)Cc2cc(F)cc(F)c2Br)cc1. The number of thiophene rings is 1. The summed E-state index contributed by atoms with van der Waals surface area (Å²) in [5.74, 6) is -2.06. The van der Waals surface area contributed by atoms with E-state index in [4.69, 9.17) is 0 Å². The first-order valence-corrected chi connectivity index (χ1v) is 11.2. The first-order chi connectivity index (χ1) is 13.2. The topological polar surface area (TPSA) is 63.2 Å². The van der Waals surface area contributed by atoms with Crippen LogP contribution in [-0.2, 0) is 16.4 Å². The molecule has 3 rings (SSSR count). The van der Waals surface area contributed by atoms with Crippen molar-refractivity contribution in [3.63, 3.8) is 0 Å². The van der Waals surface area contributed by atoms with Crippen molar-refractivity contribution in [2.24, 2.45) is 0 Å². The van der Waals surface area contributed by atoms with Crippen molar-refractivity contribution in [2.75, 3.05) is 4.72 Å². The van der Waals surface area contributed by atoms with Gasteiger partial charge in [0.1, 0.15) is 11.6 Å². The lowest BCUT2D eigenvalue weighted by Gasteiger charge is -2.10. The maximum Gasteiger partial charge on any atom is 0.261 e. The number of benzene rings is 2. The van der Waals surface area contributed by atoms with Crippen LogP contribution in [0.15, 0.2) is 57.2 Å². The van der Waals surface area contributed by atoms with Gasteiger partial charge in [-0.2, -0.15) is 0 Å². The normalized spacial score (nSPS) is 11.4. The number of halogens is 3. The van der Waals surface area contributed by atoms with Gasteiger partial charge in [0.15, 0.2) is 5.78 Å². The summed E-state index contributed by atoms with van der Waals surface area (Å²) < 4.78 is 54.7. The van der Waals surface area contributed by atoms with Gasteiger partial charge in [-0.15, -0.1) is 11.3 Å². The summed E-state index contributed by atoms with van der Waals surface area (Å²) in [4.78, 5) is 12.9. The Kier molecular flexibility index (Phi) is 5.97. The molecule has 0 fully saturated rings. The van der Waals surface area contributed by atoms with E-state index in [1.54, 1.807) is 17.5 Å². The molecule has 1 N–H and O–H groups in total. The van der Waals surface area contributed by atoms with Crippen molar-refractivity contribution in [2.45, 2.75) is 18.2 Å². The van der Waals surface area contributed by atoms with Crippen LogP contribution in [0.1, 0.15) is 20.8 Å². The quantitative estimate of drug-likeness (QED) is 0.379. The molecule has 0 bridgehead atoms. The third-order valence-electron chi connectivity index (χ3n) is 3.91. The van der Waals surface area contributed by atoms with E-state index in [1.165, 1.54) is 18.2 Å². The zero-order valence-corrected chi connectivity index (χ0v) is 17.7. The van der Waals surface area contributed by atoms with Gasteiger partial charge < -0.3 is 0 Å². The molecule has 1 aromatic heterocycles. The average Bonchev–Trinajstić information content (AvgIpc) is 3.07. The Morgan fingerprint density at radius 3 is 2.50 bits per heavy atom. The third-order valence-corrected chi connectivity index (χ3v) is 7.14. The first kappa shape index (κ1) is 20.6. The number of sulfonamides is 1. The number of anilines is 1. The molecule has 28 heavy (non-hydrogen) atoms. The molecular formula is C19H14BrF2NO3S2. The lowest BCUT2D eigenvalue weighted by atomic mass is 10.1. The zero-order chi connectivity index (χ0) is 20.5. The number of Topliss-reactive ketones (excluding diaryl/α,β-unsaturated/α-hetero) is 1. The first-order valence-electron chi connectivity index (χ1n) is 8.01. The number of hydrogen-bond acceptors (Lipinski definition) is 4. The van der Waals surface area contributed by atoms with E-state index in [-0.39, 0.29) is 31.9 Å². The second kappa shape index (κ2) is 8.10. The standard InChI is InChI=1S/C19H14BrF2NO3S2/c1-11-2-4-14(5-3-11)28(25,26)23-16-6-7-27-19(16)17(24)9-12-8-13(21)10-15(22)18(12)20/h2-8,10,23H,9H2,1H3. The molecule has 0 aliphatic carbocycles. The van der Waals surface area contributed by atoms with Crippen LogP contribution in [-0.4, -0.2) is 14.2 Å². The van der Waals surface area contributed by atoms with E-state index in [2.05, 4.69) is 20.7 Å².